The summed E-state index contributed by atoms with van der Waals surface area (Å²) in [4.78, 5) is 15.1. The first-order valence-corrected chi connectivity index (χ1v) is 8.27. The number of amides is 1. The lowest BCUT2D eigenvalue weighted by atomic mass is 10.1. The van der Waals surface area contributed by atoms with Gasteiger partial charge in [-0.05, 0) is 43.3 Å². The number of aliphatic hydroxyl groups excluding tert-OH is 1. The van der Waals surface area contributed by atoms with Crippen molar-refractivity contribution in [1.82, 2.24) is 0 Å². The predicted molar refractivity (Wildman–Crippen MR) is 102 cm³/mol. The van der Waals surface area contributed by atoms with Crippen molar-refractivity contribution in [3.8, 4) is 11.8 Å². The van der Waals surface area contributed by atoms with Gasteiger partial charge in [0.2, 0.25) is 0 Å². The number of carbonyl (C=O) groups is 1. The van der Waals surface area contributed by atoms with Crippen LogP contribution in [-0.4, -0.2) is 35.4 Å². The van der Waals surface area contributed by atoms with Crippen molar-refractivity contribution in [2.45, 2.75) is 18.7 Å². The van der Waals surface area contributed by atoms with E-state index in [-0.39, 0.29) is 5.69 Å². The first-order chi connectivity index (χ1) is 14.1. The van der Waals surface area contributed by atoms with Crippen molar-refractivity contribution in [3.63, 3.8) is 0 Å². The molecule has 2 rings (SSSR count). The molecular formula is C20H18F3N3O4. The van der Waals surface area contributed by atoms with Gasteiger partial charge in [0.1, 0.15) is 12.4 Å². The Bertz CT molecular complexity index is 959. The second-order valence-corrected chi connectivity index (χ2v) is 5.99. The maximum absolute atomic E-state index is 13.0. The van der Waals surface area contributed by atoms with Crippen LogP contribution in [0.1, 0.15) is 18.1 Å². The van der Waals surface area contributed by atoms with Crippen LogP contribution in [-0.2, 0) is 11.0 Å². The lowest BCUT2D eigenvalue weighted by Crippen LogP contribution is -2.45. The van der Waals surface area contributed by atoms with Crippen molar-refractivity contribution < 1.29 is 32.9 Å². The molecule has 0 aliphatic carbocycles. The van der Waals surface area contributed by atoms with Gasteiger partial charge in [0, 0.05) is 12.8 Å². The predicted octanol–water partition coefficient (Wildman–Crippen LogP) is 3.50. The number of hydrogen-bond donors (Lipinski definition) is 3. The van der Waals surface area contributed by atoms with E-state index in [4.69, 9.17) is 21.7 Å². The number of nitrogens with one attached hydrogen (secondary N) is 1. The number of anilines is 1. The molecule has 0 fully saturated rings. The summed E-state index contributed by atoms with van der Waals surface area (Å²) in [6, 6.07) is 10.6. The number of halogens is 3. The van der Waals surface area contributed by atoms with Crippen LogP contribution in [0.2, 0.25) is 0 Å². The standard InChI is InChI=1S/C19H14F3N3O3.CH4O/c1-18(27,11-28-14-6-3-12(10-23)4-7-14)17(26)25-13-5-8-16(24-2)15(9-13)19(20,21)22;1-2/h3-9,27H,11H2,1H3,(H,25,26);2H,1H3/t18-;/m0./s1. The van der Waals surface area contributed by atoms with Crippen molar-refractivity contribution in [2.24, 2.45) is 0 Å². The van der Waals surface area contributed by atoms with Crippen LogP contribution in [0, 0.1) is 17.9 Å². The van der Waals surface area contributed by atoms with Crippen molar-refractivity contribution in [3.05, 3.63) is 65.0 Å². The Labute approximate surface area is 170 Å². The molecule has 0 unspecified atom stereocenters. The van der Waals surface area contributed by atoms with Crippen LogP contribution in [0.3, 0.4) is 0 Å². The van der Waals surface area contributed by atoms with Crippen LogP contribution >= 0.6 is 0 Å². The molecule has 0 spiro atoms. The van der Waals surface area contributed by atoms with Gasteiger partial charge in [-0.2, -0.15) is 18.4 Å². The summed E-state index contributed by atoms with van der Waals surface area (Å²) in [5, 5.41) is 28.2. The molecule has 1 amide bonds. The molecule has 0 aromatic heterocycles. The number of alkyl halides is 3. The SMILES string of the molecule is CO.[C-]#[N+]c1ccc(NC(=O)[C@@](C)(O)COc2ccc(C#N)cc2)cc1C(F)(F)F. The van der Waals surface area contributed by atoms with E-state index < -0.39 is 35.5 Å². The van der Waals surface area contributed by atoms with E-state index in [1.54, 1.807) is 0 Å². The van der Waals surface area contributed by atoms with Gasteiger partial charge in [-0.25, -0.2) is 4.85 Å². The third kappa shape index (κ3) is 6.48. The van der Waals surface area contributed by atoms with Gasteiger partial charge in [-0.15, -0.1) is 0 Å². The topological polar surface area (TPSA) is 107 Å². The van der Waals surface area contributed by atoms with Crippen LogP contribution in [0.25, 0.3) is 4.85 Å². The zero-order valence-corrected chi connectivity index (χ0v) is 16.0. The van der Waals surface area contributed by atoms with Gasteiger partial charge in [0.15, 0.2) is 11.3 Å². The Morgan fingerprint density at radius 1 is 1.23 bits per heavy atom. The first kappa shape index (κ1) is 24.4. The minimum Gasteiger partial charge on any atom is -0.490 e. The molecule has 158 valence electrons. The van der Waals surface area contributed by atoms with E-state index in [9.17, 15) is 23.1 Å². The van der Waals surface area contributed by atoms with E-state index in [2.05, 4.69) is 10.2 Å². The largest absolute Gasteiger partial charge is 0.490 e. The van der Waals surface area contributed by atoms with E-state index in [1.807, 2.05) is 6.07 Å². The van der Waals surface area contributed by atoms with Gasteiger partial charge in [-0.3, -0.25) is 4.79 Å². The van der Waals surface area contributed by atoms with Crippen LogP contribution < -0.4 is 10.1 Å². The Morgan fingerprint density at radius 3 is 2.33 bits per heavy atom. The fraction of sp³-hybridized carbons (Fsp3) is 0.250. The van der Waals surface area contributed by atoms with E-state index in [1.165, 1.54) is 24.3 Å². The molecule has 0 radical (unpaired) electrons. The summed E-state index contributed by atoms with van der Waals surface area (Å²) >= 11 is 0. The second kappa shape index (κ2) is 10.3. The molecule has 0 heterocycles. The van der Waals surface area contributed by atoms with Gasteiger partial charge in [0.05, 0.1) is 23.8 Å². The highest BCUT2D eigenvalue weighted by molar-refractivity contribution is 5.97. The number of rotatable bonds is 5. The summed E-state index contributed by atoms with van der Waals surface area (Å²) in [7, 11) is 1.00. The Balaban J connectivity index is 0.00000218. The fourth-order valence-corrected chi connectivity index (χ4v) is 2.12. The first-order valence-electron chi connectivity index (χ1n) is 8.27. The molecule has 2 aromatic rings. The van der Waals surface area contributed by atoms with Gasteiger partial charge in [-0.1, -0.05) is 6.07 Å². The second-order valence-electron chi connectivity index (χ2n) is 5.99. The molecule has 1 atom stereocenters. The summed E-state index contributed by atoms with van der Waals surface area (Å²) in [6.45, 7) is 7.47. The van der Waals surface area contributed by atoms with Gasteiger partial charge >= 0.3 is 6.18 Å². The van der Waals surface area contributed by atoms with E-state index in [0.29, 0.717) is 17.4 Å². The van der Waals surface area contributed by atoms with Crippen molar-refractivity contribution >= 4 is 17.3 Å². The van der Waals surface area contributed by atoms with Crippen LogP contribution in [0.5, 0.6) is 5.75 Å². The summed E-state index contributed by atoms with van der Waals surface area (Å²) < 4.78 is 44.3. The molecule has 3 N–H and O–H groups in total. The third-order valence-electron chi connectivity index (χ3n) is 3.67. The number of benzene rings is 2. The highest BCUT2D eigenvalue weighted by Gasteiger charge is 2.35. The molecular weight excluding hydrogens is 403 g/mol. The minimum absolute atomic E-state index is 0.219. The minimum atomic E-state index is -4.76. The molecule has 0 aliphatic heterocycles. The molecule has 10 heteroatoms. The molecule has 2 aromatic carbocycles. The molecule has 0 bridgehead atoms. The van der Waals surface area contributed by atoms with Gasteiger partial charge < -0.3 is 20.3 Å². The molecule has 0 saturated carbocycles. The number of nitrogens with zero attached hydrogens (tertiary/aromatic N) is 2. The summed E-state index contributed by atoms with van der Waals surface area (Å²) in [5.74, 6) is -0.683. The third-order valence-corrected chi connectivity index (χ3v) is 3.67. The fourth-order valence-electron chi connectivity index (χ4n) is 2.12. The zero-order valence-electron chi connectivity index (χ0n) is 16.0. The summed E-state index contributed by atoms with van der Waals surface area (Å²) in [5.41, 5.74) is -3.65. The monoisotopic (exact) mass is 421 g/mol. The van der Waals surface area contributed by atoms with Crippen molar-refractivity contribution in [1.29, 1.82) is 5.26 Å². The molecule has 30 heavy (non-hydrogen) atoms. The number of ether oxygens (including phenoxy) is 1. The average molecular weight is 421 g/mol. The molecule has 0 saturated heterocycles. The Morgan fingerprint density at radius 2 is 1.83 bits per heavy atom. The average Bonchev–Trinajstić information content (AvgIpc) is 2.73. The quantitative estimate of drug-likeness (QED) is 0.641. The lowest BCUT2D eigenvalue weighted by molar-refractivity contribution is -0.137. The maximum Gasteiger partial charge on any atom is 0.407 e. The highest BCUT2D eigenvalue weighted by Crippen LogP contribution is 2.38. The Kier molecular flexibility index (Phi) is 8.35. The molecule has 0 aliphatic rings. The number of nitriles is 1. The smallest absolute Gasteiger partial charge is 0.407 e. The lowest BCUT2D eigenvalue weighted by Gasteiger charge is -2.23. The van der Waals surface area contributed by atoms with Crippen LogP contribution in [0.4, 0.5) is 24.5 Å². The normalized spacial score (nSPS) is 12.3. The maximum atomic E-state index is 13.0. The number of carbonyl (C=O) groups excluding carboxylic acids is 1. The molecule has 7 nitrogen and oxygen atoms in total. The van der Waals surface area contributed by atoms with E-state index in [0.717, 1.165) is 26.2 Å². The number of hydrogen-bond acceptors (Lipinski definition) is 5. The van der Waals surface area contributed by atoms with E-state index >= 15 is 0 Å². The Hall–Kier alpha value is -3.60. The highest BCUT2D eigenvalue weighted by atomic mass is 19.4. The zero-order chi connectivity index (χ0) is 22.9. The van der Waals surface area contributed by atoms with Crippen LogP contribution in [0.15, 0.2) is 42.5 Å². The summed E-state index contributed by atoms with van der Waals surface area (Å²) in [6.07, 6.45) is -4.76. The van der Waals surface area contributed by atoms with Crippen molar-refractivity contribution in [2.75, 3.05) is 19.0 Å². The number of aliphatic hydroxyl groups is 2. The van der Waals surface area contributed by atoms with Gasteiger partial charge in [0.25, 0.3) is 5.91 Å².